The van der Waals surface area contributed by atoms with Gasteiger partial charge in [-0.2, -0.15) is 0 Å². The van der Waals surface area contributed by atoms with Gasteiger partial charge in [-0.25, -0.2) is 4.98 Å². The number of aryl methyl sites for hydroxylation is 1. The SMILES string of the molecule is NCCCc1c[nH]c2nccnc12. The quantitative estimate of drug-likeness (QED) is 0.728. The van der Waals surface area contributed by atoms with Crippen molar-refractivity contribution in [2.45, 2.75) is 12.8 Å². The Kier molecular flexibility index (Phi) is 2.23. The Hall–Kier alpha value is -1.42. The van der Waals surface area contributed by atoms with Gasteiger partial charge in [0, 0.05) is 18.6 Å². The predicted octanol–water partition coefficient (Wildman–Crippen LogP) is 0.849. The third kappa shape index (κ3) is 1.53. The normalized spacial score (nSPS) is 10.8. The maximum atomic E-state index is 5.44. The van der Waals surface area contributed by atoms with Crippen LogP contribution in [-0.4, -0.2) is 21.5 Å². The summed E-state index contributed by atoms with van der Waals surface area (Å²) in [6, 6.07) is 0. The van der Waals surface area contributed by atoms with E-state index < -0.39 is 0 Å². The van der Waals surface area contributed by atoms with E-state index in [1.54, 1.807) is 12.4 Å². The first-order chi connectivity index (χ1) is 6.42. The van der Waals surface area contributed by atoms with Gasteiger partial charge in [0.05, 0.1) is 0 Å². The zero-order valence-corrected chi connectivity index (χ0v) is 7.33. The van der Waals surface area contributed by atoms with Crippen LogP contribution in [0.4, 0.5) is 0 Å². The summed E-state index contributed by atoms with van der Waals surface area (Å²) in [5.41, 5.74) is 8.47. The van der Waals surface area contributed by atoms with E-state index in [2.05, 4.69) is 15.0 Å². The summed E-state index contributed by atoms with van der Waals surface area (Å²) in [5, 5.41) is 0. The van der Waals surface area contributed by atoms with Crippen molar-refractivity contribution in [3.05, 3.63) is 24.2 Å². The first kappa shape index (κ1) is 8.19. The number of nitrogens with zero attached hydrogens (tertiary/aromatic N) is 2. The minimum Gasteiger partial charge on any atom is -0.345 e. The molecule has 13 heavy (non-hydrogen) atoms. The van der Waals surface area contributed by atoms with Crippen LogP contribution in [0.2, 0.25) is 0 Å². The van der Waals surface area contributed by atoms with Crippen molar-refractivity contribution in [1.29, 1.82) is 0 Å². The molecule has 0 bridgehead atoms. The monoisotopic (exact) mass is 176 g/mol. The van der Waals surface area contributed by atoms with Gasteiger partial charge in [0.15, 0.2) is 5.65 Å². The highest BCUT2D eigenvalue weighted by atomic mass is 14.9. The third-order valence-electron chi connectivity index (χ3n) is 2.04. The molecule has 2 aromatic rings. The number of H-pyrrole nitrogens is 1. The summed E-state index contributed by atoms with van der Waals surface area (Å²) in [7, 11) is 0. The predicted molar refractivity (Wildman–Crippen MR) is 51.3 cm³/mol. The molecule has 0 atom stereocenters. The van der Waals surface area contributed by atoms with E-state index in [9.17, 15) is 0 Å². The second kappa shape index (κ2) is 3.53. The van der Waals surface area contributed by atoms with Gasteiger partial charge in [0.25, 0.3) is 0 Å². The first-order valence-electron chi connectivity index (χ1n) is 4.39. The molecule has 0 spiro atoms. The lowest BCUT2D eigenvalue weighted by Crippen LogP contribution is -2.00. The van der Waals surface area contributed by atoms with Crippen LogP contribution in [0.5, 0.6) is 0 Å². The van der Waals surface area contributed by atoms with Gasteiger partial charge in [-0.15, -0.1) is 0 Å². The lowest BCUT2D eigenvalue weighted by Gasteiger charge is -1.94. The first-order valence-corrected chi connectivity index (χ1v) is 4.39. The van der Waals surface area contributed by atoms with Crippen LogP contribution in [0.1, 0.15) is 12.0 Å². The molecule has 0 aromatic carbocycles. The van der Waals surface area contributed by atoms with Crippen molar-refractivity contribution in [1.82, 2.24) is 15.0 Å². The van der Waals surface area contributed by atoms with Gasteiger partial charge in [0.2, 0.25) is 0 Å². The zero-order chi connectivity index (χ0) is 9.10. The topological polar surface area (TPSA) is 67.6 Å². The number of aromatic nitrogens is 3. The number of fused-ring (bicyclic) bond motifs is 1. The van der Waals surface area contributed by atoms with Crippen molar-refractivity contribution in [3.63, 3.8) is 0 Å². The summed E-state index contributed by atoms with van der Waals surface area (Å²) >= 11 is 0. The molecule has 68 valence electrons. The van der Waals surface area contributed by atoms with Crippen LogP contribution >= 0.6 is 0 Å². The fourth-order valence-electron chi connectivity index (χ4n) is 1.39. The number of hydrogen-bond acceptors (Lipinski definition) is 3. The number of rotatable bonds is 3. The summed E-state index contributed by atoms with van der Waals surface area (Å²) in [6.45, 7) is 0.715. The smallest absolute Gasteiger partial charge is 0.156 e. The minimum absolute atomic E-state index is 0.715. The average molecular weight is 176 g/mol. The van der Waals surface area contributed by atoms with Crippen molar-refractivity contribution in [3.8, 4) is 0 Å². The van der Waals surface area contributed by atoms with Crippen LogP contribution in [0.25, 0.3) is 11.2 Å². The van der Waals surface area contributed by atoms with Crippen LogP contribution < -0.4 is 5.73 Å². The standard InChI is InChI=1S/C9H12N4/c10-3-1-2-7-6-13-9-8(7)11-4-5-12-9/h4-6H,1-3,10H2,(H,12,13). The fraction of sp³-hybridized carbons (Fsp3) is 0.333. The summed E-state index contributed by atoms with van der Waals surface area (Å²) in [5.74, 6) is 0. The van der Waals surface area contributed by atoms with Gasteiger partial charge in [-0.3, -0.25) is 4.98 Å². The van der Waals surface area contributed by atoms with E-state index in [1.165, 1.54) is 5.56 Å². The highest BCUT2D eigenvalue weighted by Crippen LogP contribution is 2.13. The average Bonchev–Trinajstić information content (AvgIpc) is 2.58. The molecule has 0 fully saturated rings. The molecule has 0 radical (unpaired) electrons. The number of nitrogens with two attached hydrogens (primary N) is 1. The number of hydrogen-bond donors (Lipinski definition) is 2. The number of aromatic amines is 1. The Morgan fingerprint density at radius 2 is 2.15 bits per heavy atom. The molecule has 4 heteroatoms. The van der Waals surface area contributed by atoms with Crippen molar-refractivity contribution in [2.75, 3.05) is 6.54 Å². The molecule has 0 saturated heterocycles. The Labute approximate surface area is 76.2 Å². The van der Waals surface area contributed by atoms with E-state index in [0.717, 1.165) is 24.0 Å². The largest absolute Gasteiger partial charge is 0.345 e. The lowest BCUT2D eigenvalue weighted by atomic mass is 10.2. The second-order valence-corrected chi connectivity index (χ2v) is 2.96. The summed E-state index contributed by atoms with van der Waals surface area (Å²) in [4.78, 5) is 11.5. The van der Waals surface area contributed by atoms with Crippen molar-refractivity contribution >= 4 is 11.2 Å². The molecule has 3 N–H and O–H groups in total. The van der Waals surface area contributed by atoms with Crippen LogP contribution in [0, 0.1) is 0 Å². The van der Waals surface area contributed by atoms with Crippen molar-refractivity contribution in [2.24, 2.45) is 5.73 Å². The molecule has 0 aliphatic carbocycles. The second-order valence-electron chi connectivity index (χ2n) is 2.96. The van der Waals surface area contributed by atoms with Gasteiger partial charge < -0.3 is 10.7 Å². The van der Waals surface area contributed by atoms with Gasteiger partial charge in [-0.1, -0.05) is 0 Å². The molecule has 4 nitrogen and oxygen atoms in total. The molecule has 0 aliphatic rings. The van der Waals surface area contributed by atoms with Crippen LogP contribution in [-0.2, 0) is 6.42 Å². The van der Waals surface area contributed by atoms with Crippen molar-refractivity contribution < 1.29 is 0 Å². The Morgan fingerprint density at radius 1 is 1.31 bits per heavy atom. The summed E-state index contributed by atoms with van der Waals surface area (Å²) in [6.07, 6.45) is 7.31. The van der Waals surface area contributed by atoms with E-state index in [-0.39, 0.29) is 0 Å². The van der Waals surface area contributed by atoms with Crippen LogP contribution in [0.15, 0.2) is 18.6 Å². The fourth-order valence-corrected chi connectivity index (χ4v) is 1.39. The van der Waals surface area contributed by atoms with E-state index in [0.29, 0.717) is 6.54 Å². The van der Waals surface area contributed by atoms with Crippen LogP contribution in [0.3, 0.4) is 0 Å². The maximum absolute atomic E-state index is 5.44. The van der Waals surface area contributed by atoms with Gasteiger partial charge in [-0.05, 0) is 24.9 Å². The number of nitrogens with one attached hydrogen (secondary N) is 1. The van der Waals surface area contributed by atoms with E-state index in [1.807, 2.05) is 6.20 Å². The van der Waals surface area contributed by atoms with Gasteiger partial charge in [0.1, 0.15) is 5.52 Å². The van der Waals surface area contributed by atoms with E-state index >= 15 is 0 Å². The molecule has 2 heterocycles. The lowest BCUT2D eigenvalue weighted by molar-refractivity contribution is 0.835. The molecule has 0 saturated carbocycles. The molecule has 2 rings (SSSR count). The zero-order valence-electron chi connectivity index (χ0n) is 7.33. The molecule has 0 unspecified atom stereocenters. The minimum atomic E-state index is 0.715. The highest BCUT2D eigenvalue weighted by Gasteiger charge is 2.03. The molecular weight excluding hydrogens is 164 g/mol. The maximum Gasteiger partial charge on any atom is 0.156 e. The Morgan fingerprint density at radius 3 is 3.00 bits per heavy atom. The summed E-state index contributed by atoms with van der Waals surface area (Å²) < 4.78 is 0. The highest BCUT2D eigenvalue weighted by molar-refractivity contribution is 5.74. The molecular formula is C9H12N4. The van der Waals surface area contributed by atoms with Gasteiger partial charge >= 0.3 is 0 Å². The van der Waals surface area contributed by atoms with E-state index in [4.69, 9.17) is 5.73 Å². The molecule has 2 aromatic heterocycles. The third-order valence-corrected chi connectivity index (χ3v) is 2.04. The molecule has 0 amide bonds. The Balaban J connectivity index is 2.35. The Bertz CT molecular complexity index is 393. The molecule has 0 aliphatic heterocycles.